The number of ether oxygens (including phenoxy) is 2. The van der Waals surface area contributed by atoms with Gasteiger partial charge in [-0.1, -0.05) is 31.2 Å². The zero-order chi connectivity index (χ0) is 26.2. The number of aliphatic hydroxyl groups excluding tert-OH is 1. The molecule has 2 saturated heterocycles. The first-order chi connectivity index (χ1) is 17.9. The molecule has 0 saturated carbocycles. The van der Waals surface area contributed by atoms with Crippen LogP contribution in [0.15, 0.2) is 66.8 Å². The number of hydrogen-bond acceptors (Lipinski definition) is 6. The molecule has 8 heteroatoms. The number of rotatable bonds is 8. The molecule has 0 aliphatic carbocycles. The predicted octanol–water partition coefficient (Wildman–Crippen LogP) is 3.76. The standard InChI is InChI=1S/C29H30N2O6/c1-3-15-30-23-10-6-5-9-22(23)29(28(30)35)24(25(32)19-11-13-20(14-12-19)36-16-4-2)26(33)27(34)31(29)18-21-8-7-17-37-21/h3,5-6,9-14,21,32H,1,4,7-8,15-18H2,2H3. The minimum Gasteiger partial charge on any atom is -0.507 e. The minimum atomic E-state index is -1.80. The van der Waals surface area contributed by atoms with Crippen molar-refractivity contribution in [3.63, 3.8) is 0 Å². The number of Topliss-reactive ketones (excluding diaryl/α,β-unsaturated/α-hetero) is 1. The third kappa shape index (κ3) is 3.83. The van der Waals surface area contributed by atoms with Gasteiger partial charge in [0, 0.05) is 30.8 Å². The number of fused-ring (bicyclic) bond motifs is 2. The zero-order valence-corrected chi connectivity index (χ0v) is 20.8. The number of para-hydroxylation sites is 1. The lowest BCUT2D eigenvalue weighted by Crippen LogP contribution is -2.53. The average molecular weight is 503 g/mol. The number of amides is 2. The summed E-state index contributed by atoms with van der Waals surface area (Å²) in [5.41, 5.74) is -0.682. The van der Waals surface area contributed by atoms with Crippen molar-refractivity contribution < 1.29 is 29.0 Å². The monoisotopic (exact) mass is 502 g/mol. The van der Waals surface area contributed by atoms with Gasteiger partial charge in [-0.3, -0.25) is 14.4 Å². The number of ketones is 1. The molecule has 2 fully saturated rings. The minimum absolute atomic E-state index is 0.0627. The van der Waals surface area contributed by atoms with Crippen molar-refractivity contribution in [2.75, 3.05) is 31.2 Å². The van der Waals surface area contributed by atoms with Gasteiger partial charge in [0.25, 0.3) is 17.6 Å². The highest BCUT2D eigenvalue weighted by Gasteiger charge is 2.67. The molecule has 0 radical (unpaired) electrons. The molecule has 5 rings (SSSR count). The molecule has 3 aliphatic heterocycles. The Morgan fingerprint density at radius 2 is 1.95 bits per heavy atom. The van der Waals surface area contributed by atoms with Crippen LogP contribution in [0.3, 0.4) is 0 Å². The average Bonchev–Trinajstić information content (AvgIpc) is 3.57. The Hall–Kier alpha value is -3.91. The van der Waals surface area contributed by atoms with Gasteiger partial charge >= 0.3 is 0 Å². The van der Waals surface area contributed by atoms with Gasteiger partial charge in [-0.25, -0.2) is 0 Å². The normalized spacial score (nSPS) is 24.2. The molecule has 2 aromatic rings. The molecule has 2 aromatic carbocycles. The van der Waals surface area contributed by atoms with Crippen LogP contribution in [0.5, 0.6) is 5.75 Å². The SMILES string of the molecule is C=CCN1C(=O)C2(C(=C(O)c3ccc(OCCC)cc3)C(=O)C(=O)N2CC2CCCO2)c2ccccc21. The van der Waals surface area contributed by atoms with E-state index in [1.54, 1.807) is 54.6 Å². The molecule has 0 aromatic heterocycles. The van der Waals surface area contributed by atoms with E-state index in [0.717, 1.165) is 12.8 Å². The summed E-state index contributed by atoms with van der Waals surface area (Å²) >= 11 is 0. The van der Waals surface area contributed by atoms with E-state index in [0.29, 0.717) is 42.2 Å². The Kier molecular flexibility index (Phi) is 6.60. The summed E-state index contributed by atoms with van der Waals surface area (Å²) in [5, 5.41) is 11.6. The van der Waals surface area contributed by atoms with Crippen LogP contribution in [-0.2, 0) is 24.7 Å². The fourth-order valence-electron chi connectivity index (χ4n) is 5.49. The van der Waals surface area contributed by atoms with Gasteiger partial charge in [-0.2, -0.15) is 0 Å². The second-order valence-electron chi connectivity index (χ2n) is 9.41. The fourth-order valence-corrected chi connectivity index (χ4v) is 5.49. The number of aliphatic hydroxyl groups is 1. The highest BCUT2D eigenvalue weighted by Crippen LogP contribution is 2.53. The number of carbonyl (C=O) groups is 3. The van der Waals surface area contributed by atoms with Crippen molar-refractivity contribution in [1.29, 1.82) is 0 Å². The first kappa shape index (κ1) is 24.8. The molecule has 192 valence electrons. The Morgan fingerprint density at radius 3 is 2.62 bits per heavy atom. The molecule has 3 heterocycles. The highest BCUT2D eigenvalue weighted by atomic mass is 16.5. The van der Waals surface area contributed by atoms with Gasteiger partial charge in [-0.15, -0.1) is 6.58 Å². The summed E-state index contributed by atoms with van der Waals surface area (Å²) in [6.07, 6.45) is 3.68. The lowest BCUT2D eigenvalue weighted by molar-refractivity contribution is -0.145. The maximum Gasteiger partial charge on any atom is 0.296 e. The van der Waals surface area contributed by atoms with Crippen LogP contribution < -0.4 is 9.64 Å². The van der Waals surface area contributed by atoms with E-state index in [1.165, 1.54) is 9.80 Å². The summed E-state index contributed by atoms with van der Waals surface area (Å²) in [7, 11) is 0. The molecule has 2 unspecified atom stereocenters. The molecule has 1 N–H and O–H groups in total. The maximum atomic E-state index is 14.3. The second-order valence-corrected chi connectivity index (χ2v) is 9.41. The van der Waals surface area contributed by atoms with E-state index in [-0.39, 0.29) is 24.8 Å². The van der Waals surface area contributed by atoms with E-state index in [1.807, 2.05) is 6.92 Å². The van der Waals surface area contributed by atoms with Crippen LogP contribution in [-0.4, -0.2) is 60.0 Å². The predicted molar refractivity (Wildman–Crippen MR) is 138 cm³/mol. The number of carbonyl (C=O) groups excluding carboxylic acids is 3. The van der Waals surface area contributed by atoms with E-state index in [9.17, 15) is 19.5 Å². The Labute approximate surface area is 215 Å². The van der Waals surface area contributed by atoms with Gasteiger partial charge in [0.05, 0.1) is 24.0 Å². The van der Waals surface area contributed by atoms with Crippen molar-refractivity contribution >= 4 is 29.0 Å². The topological polar surface area (TPSA) is 96.4 Å². The molecular weight excluding hydrogens is 472 g/mol. The largest absolute Gasteiger partial charge is 0.507 e. The summed E-state index contributed by atoms with van der Waals surface area (Å²) in [6.45, 7) is 7.13. The van der Waals surface area contributed by atoms with Crippen LogP contribution in [0.4, 0.5) is 5.69 Å². The van der Waals surface area contributed by atoms with Crippen molar-refractivity contribution in [3.8, 4) is 5.75 Å². The lowest BCUT2D eigenvalue weighted by Gasteiger charge is -2.35. The summed E-state index contributed by atoms with van der Waals surface area (Å²) in [4.78, 5) is 44.3. The van der Waals surface area contributed by atoms with Crippen LogP contribution in [0, 0.1) is 0 Å². The van der Waals surface area contributed by atoms with Crippen molar-refractivity contribution in [2.24, 2.45) is 0 Å². The van der Waals surface area contributed by atoms with Crippen LogP contribution in [0.1, 0.15) is 37.3 Å². The van der Waals surface area contributed by atoms with Crippen LogP contribution >= 0.6 is 0 Å². The number of benzene rings is 2. The Morgan fingerprint density at radius 1 is 1.19 bits per heavy atom. The first-order valence-corrected chi connectivity index (χ1v) is 12.6. The van der Waals surface area contributed by atoms with E-state index in [4.69, 9.17) is 9.47 Å². The van der Waals surface area contributed by atoms with Crippen molar-refractivity contribution in [2.45, 2.75) is 37.8 Å². The zero-order valence-electron chi connectivity index (χ0n) is 20.8. The Balaban J connectivity index is 1.71. The smallest absolute Gasteiger partial charge is 0.296 e. The molecule has 2 atom stereocenters. The maximum absolute atomic E-state index is 14.3. The quantitative estimate of drug-likeness (QED) is 0.256. The van der Waals surface area contributed by atoms with Gasteiger partial charge in [0.15, 0.2) is 5.54 Å². The van der Waals surface area contributed by atoms with Gasteiger partial charge in [-0.05, 0) is 49.6 Å². The summed E-state index contributed by atoms with van der Waals surface area (Å²) < 4.78 is 11.4. The van der Waals surface area contributed by atoms with Crippen molar-refractivity contribution in [3.05, 3.63) is 77.9 Å². The van der Waals surface area contributed by atoms with Crippen molar-refractivity contribution in [1.82, 2.24) is 4.90 Å². The van der Waals surface area contributed by atoms with Gasteiger partial charge in [0.1, 0.15) is 11.5 Å². The molecule has 1 spiro atoms. The number of nitrogens with zero attached hydrogens (tertiary/aromatic N) is 2. The third-order valence-corrected chi connectivity index (χ3v) is 7.13. The molecule has 37 heavy (non-hydrogen) atoms. The van der Waals surface area contributed by atoms with E-state index >= 15 is 0 Å². The number of likely N-dealkylation sites (tertiary alicyclic amines) is 1. The van der Waals surface area contributed by atoms with Crippen LogP contribution in [0.25, 0.3) is 5.76 Å². The summed E-state index contributed by atoms with van der Waals surface area (Å²) in [6, 6.07) is 13.7. The lowest BCUT2D eigenvalue weighted by atomic mass is 9.81. The molecule has 3 aliphatic rings. The number of anilines is 1. The first-order valence-electron chi connectivity index (χ1n) is 12.6. The highest BCUT2D eigenvalue weighted by molar-refractivity contribution is 6.50. The molecular formula is C29H30N2O6. The summed E-state index contributed by atoms with van der Waals surface area (Å²) in [5.74, 6) is -1.99. The third-order valence-electron chi connectivity index (χ3n) is 7.13. The van der Waals surface area contributed by atoms with E-state index in [2.05, 4.69) is 6.58 Å². The second kappa shape index (κ2) is 9.86. The number of hydrogen-bond donors (Lipinski definition) is 1. The Bertz CT molecular complexity index is 1280. The molecule has 2 amide bonds. The van der Waals surface area contributed by atoms with Gasteiger partial charge < -0.3 is 24.4 Å². The molecule has 0 bridgehead atoms. The van der Waals surface area contributed by atoms with Crippen LogP contribution in [0.2, 0.25) is 0 Å². The van der Waals surface area contributed by atoms with E-state index < -0.39 is 28.9 Å². The molecule has 8 nitrogen and oxygen atoms in total. The fraction of sp³-hybridized carbons (Fsp3) is 0.345. The van der Waals surface area contributed by atoms with Gasteiger partial charge in [0.2, 0.25) is 0 Å².